The summed E-state index contributed by atoms with van der Waals surface area (Å²) in [6, 6.07) is 5.94. The molecular formula is C21H29FN4O2S. The van der Waals surface area contributed by atoms with Gasteiger partial charge in [0.2, 0.25) is 11.8 Å². The minimum Gasteiger partial charge on any atom is -0.356 e. The monoisotopic (exact) mass is 420 g/mol. The van der Waals surface area contributed by atoms with Crippen molar-refractivity contribution in [3.8, 4) is 0 Å². The van der Waals surface area contributed by atoms with Gasteiger partial charge < -0.3 is 10.6 Å². The van der Waals surface area contributed by atoms with Gasteiger partial charge in [-0.25, -0.2) is 4.39 Å². The van der Waals surface area contributed by atoms with Crippen molar-refractivity contribution in [2.45, 2.75) is 64.0 Å². The number of amidine groups is 1. The summed E-state index contributed by atoms with van der Waals surface area (Å²) < 4.78 is 13.0. The predicted molar refractivity (Wildman–Crippen MR) is 117 cm³/mol. The lowest BCUT2D eigenvalue weighted by molar-refractivity contribution is -0.125. The van der Waals surface area contributed by atoms with Crippen LogP contribution in [0.2, 0.25) is 0 Å². The topological polar surface area (TPSA) is 82.9 Å². The van der Waals surface area contributed by atoms with Gasteiger partial charge in [0, 0.05) is 13.0 Å². The predicted octanol–water partition coefficient (Wildman–Crippen LogP) is 4.00. The molecule has 29 heavy (non-hydrogen) atoms. The van der Waals surface area contributed by atoms with Gasteiger partial charge in [0.1, 0.15) is 11.1 Å². The summed E-state index contributed by atoms with van der Waals surface area (Å²) in [5, 5.41) is 13.5. The van der Waals surface area contributed by atoms with Crippen LogP contribution >= 0.6 is 11.8 Å². The Labute approximate surface area is 175 Å². The van der Waals surface area contributed by atoms with E-state index in [1.807, 2.05) is 0 Å². The lowest BCUT2D eigenvalue weighted by Gasteiger charge is -2.07. The number of unbranched alkanes of at least 4 members (excludes halogenated alkanes) is 5. The van der Waals surface area contributed by atoms with E-state index in [1.165, 1.54) is 49.6 Å². The van der Waals surface area contributed by atoms with E-state index >= 15 is 0 Å². The largest absolute Gasteiger partial charge is 0.356 e. The van der Waals surface area contributed by atoms with Crippen LogP contribution in [0.4, 0.5) is 4.39 Å². The zero-order valence-electron chi connectivity index (χ0n) is 17.0. The Morgan fingerprint density at radius 3 is 2.59 bits per heavy atom. The molecule has 1 saturated heterocycles. The molecule has 2 N–H and O–H groups in total. The summed E-state index contributed by atoms with van der Waals surface area (Å²) in [4.78, 5) is 24.1. The molecule has 6 nitrogen and oxygen atoms in total. The van der Waals surface area contributed by atoms with Crippen LogP contribution in [0.5, 0.6) is 0 Å². The second kappa shape index (κ2) is 12.4. The third-order valence-electron chi connectivity index (χ3n) is 4.55. The molecule has 8 heteroatoms. The second-order valence-corrected chi connectivity index (χ2v) is 8.21. The molecule has 2 amide bonds. The minimum absolute atomic E-state index is 0.117. The summed E-state index contributed by atoms with van der Waals surface area (Å²) >= 11 is 1.20. The van der Waals surface area contributed by atoms with Gasteiger partial charge in [-0.3, -0.25) is 9.59 Å². The van der Waals surface area contributed by atoms with E-state index in [-0.39, 0.29) is 24.1 Å². The number of halogens is 1. The van der Waals surface area contributed by atoms with Crippen molar-refractivity contribution in [3.05, 3.63) is 35.6 Å². The van der Waals surface area contributed by atoms with Crippen molar-refractivity contribution in [3.63, 3.8) is 0 Å². The highest BCUT2D eigenvalue weighted by Gasteiger charge is 2.32. The van der Waals surface area contributed by atoms with Crippen LogP contribution in [0.3, 0.4) is 0 Å². The van der Waals surface area contributed by atoms with Crippen molar-refractivity contribution >= 4 is 34.5 Å². The Morgan fingerprint density at radius 1 is 1.17 bits per heavy atom. The van der Waals surface area contributed by atoms with Crippen molar-refractivity contribution < 1.29 is 14.0 Å². The maximum absolute atomic E-state index is 13.0. The molecule has 1 aromatic carbocycles. The molecule has 0 spiro atoms. The van der Waals surface area contributed by atoms with Crippen LogP contribution in [-0.4, -0.2) is 34.5 Å². The van der Waals surface area contributed by atoms with Gasteiger partial charge in [-0.1, -0.05) is 62.9 Å². The molecule has 0 aliphatic carbocycles. The molecule has 0 bridgehead atoms. The van der Waals surface area contributed by atoms with Crippen LogP contribution in [-0.2, 0) is 9.59 Å². The summed E-state index contributed by atoms with van der Waals surface area (Å²) in [7, 11) is 0. The Morgan fingerprint density at radius 2 is 1.86 bits per heavy atom. The Bertz CT molecular complexity index is 750. The molecule has 158 valence electrons. The third-order valence-corrected chi connectivity index (χ3v) is 5.62. The fraction of sp³-hybridized carbons (Fsp3) is 0.524. The number of thioether (sulfide) groups is 1. The smallest absolute Gasteiger partial charge is 0.240 e. The number of nitrogens with zero attached hydrogens (tertiary/aromatic N) is 2. The average molecular weight is 421 g/mol. The second-order valence-electron chi connectivity index (χ2n) is 7.02. The maximum atomic E-state index is 13.0. The van der Waals surface area contributed by atoms with E-state index in [1.54, 1.807) is 19.1 Å². The fourth-order valence-electron chi connectivity index (χ4n) is 2.83. The SMILES string of the molecule is CCCCCCCCNC(=O)C[C@@H]1SC(=NN=C(C)c2ccc(F)cc2)NC1=O. The van der Waals surface area contributed by atoms with Crippen molar-refractivity contribution in [2.24, 2.45) is 10.2 Å². The van der Waals surface area contributed by atoms with Gasteiger partial charge in [-0.2, -0.15) is 5.10 Å². The Hall–Kier alpha value is -2.22. The van der Waals surface area contributed by atoms with Gasteiger partial charge in [0.25, 0.3) is 0 Å². The number of amides is 2. The number of hydrogen-bond donors (Lipinski definition) is 2. The molecule has 1 atom stereocenters. The number of rotatable bonds is 11. The van der Waals surface area contributed by atoms with Crippen molar-refractivity contribution in [1.29, 1.82) is 0 Å². The minimum atomic E-state index is -0.500. The number of carbonyl (C=O) groups is 2. The zero-order chi connectivity index (χ0) is 21.1. The van der Waals surface area contributed by atoms with E-state index in [4.69, 9.17) is 0 Å². The van der Waals surface area contributed by atoms with Gasteiger partial charge in [-0.15, -0.1) is 5.10 Å². The summed E-state index contributed by atoms with van der Waals surface area (Å²) in [5.41, 5.74) is 1.35. The first-order chi connectivity index (χ1) is 14.0. The molecule has 1 aromatic rings. The number of benzene rings is 1. The molecule has 0 aromatic heterocycles. The summed E-state index contributed by atoms with van der Waals surface area (Å²) in [5.74, 6) is -0.680. The Balaban J connectivity index is 1.74. The van der Waals surface area contributed by atoms with Crippen LogP contribution in [0, 0.1) is 5.82 Å². The zero-order valence-corrected chi connectivity index (χ0v) is 17.9. The average Bonchev–Trinajstić information content (AvgIpc) is 3.05. The molecule has 2 rings (SSSR count). The van der Waals surface area contributed by atoms with Gasteiger partial charge >= 0.3 is 0 Å². The van der Waals surface area contributed by atoms with Gasteiger partial charge in [0.15, 0.2) is 5.17 Å². The van der Waals surface area contributed by atoms with Gasteiger partial charge in [0.05, 0.1) is 5.71 Å². The summed E-state index contributed by atoms with van der Waals surface area (Å²) in [6.07, 6.45) is 7.12. The highest BCUT2D eigenvalue weighted by Crippen LogP contribution is 2.22. The van der Waals surface area contributed by atoms with Crippen molar-refractivity contribution in [1.82, 2.24) is 10.6 Å². The molecule has 1 aliphatic rings. The number of carbonyl (C=O) groups excluding carboxylic acids is 2. The lowest BCUT2D eigenvalue weighted by Crippen LogP contribution is -2.31. The number of hydrogen-bond acceptors (Lipinski definition) is 5. The number of nitrogens with one attached hydrogen (secondary N) is 2. The molecule has 0 radical (unpaired) electrons. The van der Waals surface area contributed by atoms with E-state index in [0.29, 0.717) is 17.4 Å². The molecule has 0 saturated carbocycles. The first kappa shape index (κ1) is 23.1. The van der Waals surface area contributed by atoms with Crippen LogP contribution in [0.1, 0.15) is 64.4 Å². The molecule has 0 unspecified atom stereocenters. The van der Waals surface area contributed by atoms with Crippen LogP contribution in [0.25, 0.3) is 0 Å². The summed E-state index contributed by atoms with van der Waals surface area (Å²) in [6.45, 7) is 4.59. The highest BCUT2D eigenvalue weighted by atomic mass is 32.2. The van der Waals surface area contributed by atoms with Crippen molar-refractivity contribution in [2.75, 3.05) is 6.54 Å². The highest BCUT2D eigenvalue weighted by molar-refractivity contribution is 8.15. The molecule has 1 heterocycles. The lowest BCUT2D eigenvalue weighted by atomic mass is 10.1. The van der Waals surface area contributed by atoms with E-state index in [9.17, 15) is 14.0 Å². The van der Waals surface area contributed by atoms with E-state index in [2.05, 4.69) is 27.8 Å². The van der Waals surface area contributed by atoms with E-state index < -0.39 is 5.25 Å². The fourth-order valence-corrected chi connectivity index (χ4v) is 3.75. The standard InChI is InChI=1S/C21H29FN4O2S/c1-3-4-5-6-7-8-13-23-19(27)14-18-20(28)24-21(29-18)26-25-15(2)16-9-11-17(22)12-10-16/h9-12,18H,3-8,13-14H2,1-2H3,(H,23,27)(H,24,26,28)/t18-/m0/s1. The van der Waals surface area contributed by atoms with E-state index in [0.717, 1.165) is 18.4 Å². The maximum Gasteiger partial charge on any atom is 0.240 e. The first-order valence-electron chi connectivity index (χ1n) is 10.1. The van der Waals surface area contributed by atoms with Crippen LogP contribution < -0.4 is 10.6 Å². The third kappa shape index (κ3) is 8.35. The first-order valence-corrected chi connectivity index (χ1v) is 11.0. The normalized spacial score (nSPS) is 18.2. The molecule has 1 fully saturated rings. The molecular weight excluding hydrogens is 391 g/mol. The molecule has 1 aliphatic heterocycles. The van der Waals surface area contributed by atoms with Gasteiger partial charge in [-0.05, 0) is 31.0 Å². The quantitative estimate of drug-likeness (QED) is 0.322. The Kier molecular flexibility index (Phi) is 9.83. The van der Waals surface area contributed by atoms with Crippen LogP contribution in [0.15, 0.2) is 34.5 Å².